The summed E-state index contributed by atoms with van der Waals surface area (Å²) in [6, 6.07) is 23.6. The summed E-state index contributed by atoms with van der Waals surface area (Å²) >= 11 is 9.61. The molecule has 0 unspecified atom stereocenters. The van der Waals surface area contributed by atoms with Crippen LogP contribution in [0.1, 0.15) is 31.4 Å². The van der Waals surface area contributed by atoms with E-state index in [-0.39, 0.29) is 31.0 Å². The van der Waals surface area contributed by atoms with E-state index < -0.39 is 6.04 Å². The molecule has 0 aliphatic rings. The highest BCUT2D eigenvalue weighted by molar-refractivity contribution is 9.10. The molecule has 0 saturated heterocycles. The zero-order chi connectivity index (χ0) is 25.2. The summed E-state index contributed by atoms with van der Waals surface area (Å²) in [5, 5.41) is 3.63. The van der Waals surface area contributed by atoms with Crippen LogP contribution in [0.3, 0.4) is 0 Å². The second-order valence-electron chi connectivity index (χ2n) is 8.42. The van der Waals surface area contributed by atoms with Gasteiger partial charge in [-0.15, -0.1) is 0 Å². The summed E-state index contributed by atoms with van der Waals surface area (Å²) < 4.78 is 6.70. The van der Waals surface area contributed by atoms with Crippen LogP contribution in [0.5, 0.6) is 5.75 Å². The van der Waals surface area contributed by atoms with Crippen LogP contribution in [-0.4, -0.2) is 35.4 Å². The average Bonchev–Trinajstić information content (AvgIpc) is 2.86. The zero-order valence-electron chi connectivity index (χ0n) is 19.9. The largest absolute Gasteiger partial charge is 0.484 e. The van der Waals surface area contributed by atoms with E-state index in [9.17, 15) is 9.59 Å². The van der Waals surface area contributed by atoms with E-state index in [0.29, 0.717) is 17.2 Å². The first-order valence-electron chi connectivity index (χ1n) is 11.6. The highest BCUT2D eigenvalue weighted by atomic mass is 79.9. The van der Waals surface area contributed by atoms with Crippen molar-refractivity contribution in [1.29, 1.82) is 0 Å². The molecule has 3 rings (SSSR count). The highest BCUT2D eigenvalue weighted by Gasteiger charge is 2.31. The summed E-state index contributed by atoms with van der Waals surface area (Å²) in [7, 11) is 0. The maximum absolute atomic E-state index is 13.5. The fourth-order valence-corrected chi connectivity index (χ4v) is 4.06. The molecule has 2 amide bonds. The Morgan fingerprint density at radius 3 is 2.34 bits per heavy atom. The molecule has 0 aromatic heterocycles. The molecule has 0 aliphatic carbocycles. The Morgan fingerprint density at radius 2 is 1.69 bits per heavy atom. The van der Waals surface area contributed by atoms with Crippen LogP contribution in [0.2, 0.25) is 5.02 Å². The molecule has 0 saturated carbocycles. The first kappa shape index (κ1) is 26.8. The van der Waals surface area contributed by atoms with Crippen LogP contribution in [0.25, 0.3) is 0 Å². The summed E-state index contributed by atoms with van der Waals surface area (Å²) in [6.45, 7) is 4.01. The van der Waals surface area contributed by atoms with Gasteiger partial charge in [-0.2, -0.15) is 0 Å². The van der Waals surface area contributed by atoms with E-state index in [4.69, 9.17) is 16.3 Å². The van der Waals surface area contributed by atoms with Gasteiger partial charge in [0.2, 0.25) is 5.91 Å². The second kappa shape index (κ2) is 13.3. The van der Waals surface area contributed by atoms with Crippen molar-refractivity contribution in [1.82, 2.24) is 10.2 Å². The number of nitrogens with zero attached hydrogens (tertiary/aromatic N) is 1. The lowest BCUT2D eigenvalue weighted by atomic mass is 10.0. The molecule has 0 fully saturated rings. The van der Waals surface area contributed by atoms with Crippen molar-refractivity contribution in [2.75, 3.05) is 6.61 Å². The van der Waals surface area contributed by atoms with Gasteiger partial charge in [-0.25, -0.2) is 0 Å². The normalized spacial score (nSPS) is 12.5. The molecular formula is C28H30BrClN2O3. The van der Waals surface area contributed by atoms with Gasteiger partial charge in [0.25, 0.3) is 5.91 Å². The standard InChI is InChI=1S/C28H30BrClN2O3/c1-3-20(2)31-28(34)26(17-21-8-5-4-6-9-21)32(18-22-10-7-11-24(30)16-22)27(33)19-35-25-14-12-23(29)13-15-25/h4-16,20,26H,3,17-19H2,1-2H3,(H,31,34)/t20-,26-/m1/s1. The fraction of sp³-hybridized carbons (Fsp3) is 0.286. The smallest absolute Gasteiger partial charge is 0.261 e. The van der Waals surface area contributed by atoms with E-state index in [1.165, 1.54) is 0 Å². The molecule has 7 heteroatoms. The van der Waals surface area contributed by atoms with Crippen LogP contribution in [0, 0.1) is 0 Å². The predicted molar refractivity (Wildman–Crippen MR) is 143 cm³/mol. The van der Waals surface area contributed by atoms with Crippen molar-refractivity contribution < 1.29 is 14.3 Å². The quantitative estimate of drug-likeness (QED) is 0.313. The number of ether oxygens (including phenoxy) is 1. The molecule has 0 bridgehead atoms. The van der Waals surface area contributed by atoms with Crippen molar-refractivity contribution in [3.8, 4) is 5.75 Å². The van der Waals surface area contributed by atoms with Crippen molar-refractivity contribution in [3.63, 3.8) is 0 Å². The molecule has 0 heterocycles. The average molecular weight is 558 g/mol. The molecule has 35 heavy (non-hydrogen) atoms. The van der Waals surface area contributed by atoms with Gasteiger partial charge in [0.15, 0.2) is 6.61 Å². The number of nitrogens with one attached hydrogen (secondary N) is 1. The van der Waals surface area contributed by atoms with Gasteiger partial charge >= 0.3 is 0 Å². The van der Waals surface area contributed by atoms with Crippen molar-refractivity contribution >= 4 is 39.3 Å². The number of carbonyl (C=O) groups is 2. The third kappa shape index (κ3) is 8.41. The zero-order valence-corrected chi connectivity index (χ0v) is 22.3. The minimum absolute atomic E-state index is 0.0112. The Balaban J connectivity index is 1.90. The lowest BCUT2D eigenvalue weighted by molar-refractivity contribution is -0.143. The van der Waals surface area contributed by atoms with Gasteiger partial charge in [0.1, 0.15) is 11.8 Å². The molecule has 2 atom stereocenters. The molecule has 0 aliphatic heterocycles. The molecular weight excluding hydrogens is 528 g/mol. The second-order valence-corrected chi connectivity index (χ2v) is 9.77. The van der Waals surface area contributed by atoms with E-state index in [1.807, 2.05) is 74.5 Å². The molecule has 5 nitrogen and oxygen atoms in total. The number of hydrogen-bond acceptors (Lipinski definition) is 3. The minimum Gasteiger partial charge on any atom is -0.484 e. The van der Waals surface area contributed by atoms with Crippen molar-refractivity contribution in [2.45, 2.75) is 45.3 Å². The molecule has 0 radical (unpaired) electrons. The van der Waals surface area contributed by atoms with Gasteiger partial charge in [-0.1, -0.05) is 76.9 Å². The van der Waals surface area contributed by atoms with Crippen LogP contribution in [0.15, 0.2) is 83.3 Å². The van der Waals surface area contributed by atoms with Crippen molar-refractivity contribution in [3.05, 3.63) is 99.5 Å². The summed E-state index contributed by atoms with van der Waals surface area (Å²) in [5.74, 6) is 0.100. The number of hydrogen-bond donors (Lipinski definition) is 1. The van der Waals surface area contributed by atoms with Gasteiger partial charge in [-0.05, 0) is 60.9 Å². The Morgan fingerprint density at radius 1 is 1.00 bits per heavy atom. The summed E-state index contributed by atoms with van der Waals surface area (Å²) in [4.78, 5) is 28.6. The lowest BCUT2D eigenvalue weighted by Gasteiger charge is -2.32. The lowest BCUT2D eigenvalue weighted by Crippen LogP contribution is -2.53. The Kier molecular flexibility index (Phi) is 10.2. The Labute approximate surface area is 220 Å². The first-order chi connectivity index (χ1) is 16.9. The fourth-order valence-electron chi connectivity index (χ4n) is 3.59. The monoisotopic (exact) mass is 556 g/mol. The maximum atomic E-state index is 13.5. The van der Waals surface area contributed by atoms with Crippen LogP contribution < -0.4 is 10.1 Å². The topological polar surface area (TPSA) is 58.6 Å². The number of halogens is 2. The number of carbonyl (C=O) groups excluding carboxylic acids is 2. The minimum atomic E-state index is -0.716. The number of rotatable bonds is 11. The Hall–Kier alpha value is -2.83. The number of benzene rings is 3. The maximum Gasteiger partial charge on any atom is 0.261 e. The van der Waals surface area contributed by atoms with Crippen LogP contribution >= 0.6 is 27.5 Å². The van der Waals surface area contributed by atoms with E-state index in [1.54, 1.807) is 23.1 Å². The predicted octanol–water partition coefficient (Wildman–Crippen LogP) is 6.04. The van der Waals surface area contributed by atoms with Gasteiger partial charge < -0.3 is 15.0 Å². The molecule has 3 aromatic carbocycles. The summed E-state index contributed by atoms with van der Waals surface area (Å²) in [6.07, 6.45) is 1.17. The van der Waals surface area contributed by atoms with Crippen molar-refractivity contribution in [2.24, 2.45) is 0 Å². The highest BCUT2D eigenvalue weighted by Crippen LogP contribution is 2.19. The van der Waals surface area contributed by atoms with Crippen LogP contribution in [-0.2, 0) is 22.6 Å². The molecule has 0 spiro atoms. The van der Waals surface area contributed by atoms with Gasteiger partial charge in [0, 0.05) is 28.5 Å². The van der Waals surface area contributed by atoms with E-state index >= 15 is 0 Å². The molecule has 184 valence electrons. The molecule has 1 N–H and O–H groups in total. The SMILES string of the molecule is CC[C@@H](C)NC(=O)[C@@H](Cc1ccccc1)N(Cc1cccc(Cl)c1)C(=O)COc1ccc(Br)cc1. The van der Waals surface area contributed by atoms with Gasteiger partial charge in [-0.3, -0.25) is 9.59 Å². The number of amides is 2. The first-order valence-corrected chi connectivity index (χ1v) is 12.8. The third-order valence-electron chi connectivity index (χ3n) is 5.69. The van der Waals surface area contributed by atoms with E-state index in [2.05, 4.69) is 21.2 Å². The van der Waals surface area contributed by atoms with E-state index in [0.717, 1.165) is 22.0 Å². The summed E-state index contributed by atoms with van der Waals surface area (Å²) in [5.41, 5.74) is 1.80. The third-order valence-corrected chi connectivity index (χ3v) is 6.45. The van der Waals surface area contributed by atoms with Crippen LogP contribution in [0.4, 0.5) is 0 Å². The molecule has 3 aromatic rings. The Bertz CT molecular complexity index is 1110. The van der Waals surface area contributed by atoms with Gasteiger partial charge in [0.05, 0.1) is 0 Å².